The Morgan fingerprint density at radius 2 is 1.51 bits per heavy atom. The van der Waals surface area contributed by atoms with Crippen molar-refractivity contribution < 1.29 is 60.4 Å². The van der Waals surface area contributed by atoms with E-state index in [1.165, 1.54) is 7.05 Å². The first-order chi connectivity index (χ1) is 35.9. The number of carbonyl (C=O) groups excluding carboxylic acids is 4. The van der Waals surface area contributed by atoms with Gasteiger partial charge in [-0.05, 0) is 81.1 Å². The van der Waals surface area contributed by atoms with Crippen LogP contribution in [0.25, 0.3) is 11.3 Å². The van der Waals surface area contributed by atoms with Gasteiger partial charge in [-0.1, -0.05) is 44.7 Å². The Morgan fingerprint density at radius 1 is 0.868 bits per heavy atom. The zero-order valence-corrected chi connectivity index (χ0v) is 43.5. The van der Waals surface area contributed by atoms with Gasteiger partial charge in [-0.3, -0.25) is 24.6 Å². The average molecular weight is 1070 g/mol. The van der Waals surface area contributed by atoms with E-state index in [1.54, 1.807) is 68.2 Å². The first kappa shape index (κ1) is 56.8. The van der Waals surface area contributed by atoms with E-state index in [1.807, 2.05) is 17.4 Å². The molecule has 1 aliphatic carbocycles. The lowest BCUT2D eigenvalue weighted by Crippen LogP contribution is -2.62. The number of pyridine rings is 1. The van der Waals surface area contributed by atoms with E-state index in [2.05, 4.69) is 52.5 Å². The minimum absolute atomic E-state index is 0.128. The number of hydrazine groups is 1. The standard InChI is InChI=1S/C53H65F5N10O8/c1-51(2,3)46(76-49(72)59-6)48(71)64-67(28-38-39(54)25-35(26-40(38)55)41-18-19-68(63-41)36-15-16-36)29-43(69)42(61-47(70)45(62-50(73)74-7)52(4,5)53(56,57)58)24-33-11-8-32(9-12-33)10-13-34-14-17-44(60-27-34)66-22-20-65(21-23-66)37-30-75-31-37/h8-9,11-12,14,17-19,25-27,36-37,42-43,45-46,69H,15-16,20-24,28-31H2,1-7H3,(H,59,72)(H,61,70)(H,62,73)(H,64,71)/t42-,43-,45+,46+/m0/s1. The van der Waals surface area contributed by atoms with E-state index in [0.29, 0.717) is 42.3 Å². The Bertz CT molecular complexity index is 2720. The summed E-state index contributed by atoms with van der Waals surface area (Å²) in [5.41, 5.74) is 0.0797. The quantitative estimate of drug-likeness (QED) is 0.0477. The first-order valence-corrected chi connectivity index (χ1v) is 24.9. The molecule has 4 atom stereocenters. The van der Waals surface area contributed by atoms with Crippen LogP contribution in [0.5, 0.6) is 0 Å². The number of piperazine rings is 1. The van der Waals surface area contributed by atoms with Crippen molar-refractivity contribution in [2.75, 3.05) is 65.0 Å². The molecule has 3 fully saturated rings. The molecule has 4 amide bonds. The molecule has 7 rings (SSSR count). The summed E-state index contributed by atoms with van der Waals surface area (Å²) in [5.74, 6) is 2.58. The highest BCUT2D eigenvalue weighted by atomic mass is 19.4. The number of alkyl halides is 3. The number of amides is 4. The Kier molecular flexibility index (Phi) is 17.9. The van der Waals surface area contributed by atoms with E-state index in [0.717, 1.165) is 82.3 Å². The fraction of sp³-hybridized carbons (Fsp3) is 0.509. The molecular formula is C53H65F5N10O8. The highest BCUT2D eigenvalue weighted by molar-refractivity contribution is 5.87. The van der Waals surface area contributed by atoms with Crippen molar-refractivity contribution in [1.29, 1.82) is 0 Å². The number of anilines is 1. The number of hydrogen-bond acceptors (Lipinski definition) is 13. The molecule has 1 saturated carbocycles. The van der Waals surface area contributed by atoms with Crippen LogP contribution in [-0.4, -0.2) is 150 Å². The Labute approximate surface area is 438 Å². The third-order valence-corrected chi connectivity index (χ3v) is 13.7. The summed E-state index contributed by atoms with van der Waals surface area (Å²) < 4.78 is 93.1. The van der Waals surface area contributed by atoms with Crippen LogP contribution in [0.1, 0.15) is 75.8 Å². The third-order valence-electron chi connectivity index (χ3n) is 13.7. The lowest BCUT2D eigenvalue weighted by molar-refractivity contribution is -0.220. The highest BCUT2D eigenvalue weighted by Crippen LogP contribution is 2.41. The van der Waals surface area contributed by atoms with Crippen LogP contribution in [-0.2, 0) is 36.8 Å². The van der Waals surface area contributed by atoms with Crippen molar-refractivity contribution in [2.45, 2.75) is 103 Å². The van der Waals surface area contributed by atoms with Crippen LogP contribution in [0.2, 0.25) is 0 Å². The molecule has 3 aliphatic rings. The molecule has 2 aromatic heterocycles. The van der Waals surface area contributed by atoms with Crippen LogP contribution >= 0.6 is 0 Å². The van der Waals surface area contributed by atoms with Crippen LogP contribution in [0.4, 0.5) is 37.4 Å². The summed E-state index contributed by atoms with van der Waals surface area (Å²) in [5, 5.41) is 24.2. The number of nitrogens with zero attached hydrogens (tertiary/aromatic N) is 6. The monoisotopic (exact) mass is 1060 g/mol. The van der Waals surface area contributed by atoms with Crippen molar-refractivity contribution in [3.63, 3.8) is 0 Å². The Morgan fingerprint density at radius 3 is 2.07 bits per heavy atom. The molecule has 0 radical (unpaired) electrons. The molecule has 4 aromatic rings. The van der Waals surface area contributed by atoms with Crippen LogP contribution < -0.4 is 26.3 Å². The zero-order valence-electron chi connectivity index (χ0n) is 43.5. The number of aliphatic hydroxyl groups excluding tert-OH is 1. The molecular weight excluding hydrogens is 1000 g/mol. The van der Waals surface area contributed by atoms with E-state index >= 15 is 8.78 Å². The van der Waals surface area contributed by atoms with Gasteiger partial charge in [-0.2, -0.15) is 18.3 Å². The van der Waals surface area contributed by atoms with Gasteiger partial charge in [0.15, 0.2) is 6.10 Å². The van der Waals surface area contributed by atoms with Crippen LogP contribution in [0, 0.1) is 34.3 Å². The lowest BCUT2D eigenvalue weighted by atomic mass is 9.82. The maximum Gasteiger partial charge on any atom is 0.407 e. The Hall–Kier alpha value is -6.87. The second kappa shape index (κ2) is 24.0. The minimum atomic E-state index is -5.05. The van der Waals surface area contributed by atoms with Gasteiger partial charge >= 0.3 is 18.4 Å². The number of carbonyl (C=O) groups is 4. The third kappa shape index (κ3) is 14.3. The molecule has 2 saturated heterocycles. The average Bonchev–Trinajstić information content (AvgIpc) is 4.10. The molecule has 0 spiro atoms. The molecule has 0 bridgehead atoms. The summed E-state index contributed by atoms with van der Waals surface area (Å²) in [6.07, 6.45) is -5.77. The summed E-state index contributed by atoms with van der Waals surface area (Å²) in [7, 11) is 2.18. The van der Waals surface area contributed by atoms with Crippen LogP contribution in [0.15, 0.2) is 67.0 Å². The van der Waals surface area contributed by atoms with Crippen molar-refractivity contribution in [1.82, 2.24) is 46.0 Å². The molecule has 76 heavy (non-hydrogen) atoms. The van der Waals surface area contributed by atoms with E-state index < -0.39 is 95.6 Å². The van der Waals surface area contributed by atoms with Gasteiger partial charge in [0.05, 0.1) is 55.7 Å². The van der Waals surface area contributed by atoms with Gasteiger partial charge in [0.2, 0.25) is 5.91 Å². The molecule has 23 heteroatoms. The van der Waals surface area contributed by atoms with Gasteiger partial charge in [-0.15, -0.1) is 0 Å². The fourth-order valence-corrected chi connectivity index (χ4v) is 8.62. The number of benzene rings is 2. The van der Waals surface area contributed by atoms with Crippen molar-refractivity contribution in [3.8, 4) is 23.1 Å². The molecule has 2 aromatic carbocycles. The topological polar surface area (TPSA) is 205 Å². The van der Waals surface area contributed by atoms with E-state index in [4.69, 9.17) is 9.47 Å². The molecule has 4 heterocycles. The number of methoxy groups -OCH3 is 1. The van der Waals surface area contributed by atoms with Gasteiger partial charge in [0.25, 0.3) is 5.91 Å². The first-order valence-electron chi connectivity index (χ1n) is 24.9. The second-order valence-corrected chi connectivity index (χ2v) is 20.8. The van der Waals surface area contributed by atoms with Gasteiger partial charge in [-0.25, -0.2) is 28.4 Å². The number of nitrogens with one attached hydrogen (secondary N) is 4. The number of halogens is 5. The molecule has 5 N–H and O–H groups in total. The number of hydrogen-bond donors (Lipinski definition) is 5. The number of ether oxygens (including phenoxy) is 3. The van der Waals surface area contributed by atoms with E-state index in [-0.39, 0.29) is 18.0 Å². The summed E-state index contributed by atoms with van der Waals surface area (Å²) in [4.78, 5) is 62.3. The fourth-order valence-electron chi connectivity index (χ4n) is 8.62. The summed E-state index contributed by atoms with van der Waals surface area (Å²) in [6, 6.07) is 11.0. The lowest BCUT2D eigenvalue weighted by Gasteiger charge is -2.42. The summed E-state index contributed by atoms with van der Waals surface area (Å²) in [6.45, 7) is 9.73. The smallest absolute Gasteiger partial charge is 0.407 e. The highest BCUT2D eigenvalue weighted by Gasteiger charge is 2.56. The second-order valence-electron chi connectivity index (χ2n) is 20.8. The van der Waals surface area contributed by atoms with Gasteiger partial charge in [0.1, 0.15) is 23.5 Å². The van der Waals surface area contributed by atoms with Crippen LogP contribution in [0.3, 0.4) is 0 Å². The maximum atomic E-state index is 16.2. The number of aromatic nitrogens is 3. The predicted octanol–water partition coefficient (Wildman–Crippen LogP) is 5.48. The number of alkyl carbamates (subject to hydrolysis) is 2. The minimum Gasteiger partial charge on any atom is -0.453 e. The molecule has 410 valence electrons. The maximum absolute atomic E-state index is 16.2. The number of rotatable bonds is 18. The SMILES string of the molecule is CNC(=O)O[C@H](C(=O)NN(Cc1c(F)cc(-c2ccn(C3CC3)n2)cc1F)C[C@H](O)[C@H](Cc1ccc(C#Cc2ccc(N3CCN(C4COC4)CC3)nc2)cc1)NC(=O)[C@@H](NC(=O)OC)C(C)(C)C(F)(F)F)C(C)(C)C. The van der Waals surface area contributed by atoms with Gasteiger partial charge in [0, 0.05) is 86.4 Å². The molecule has 2 aliphatic heterocycles. The Balaban J connectivity index is 1.15. The largest absolute Gasteiger partial charge is 0.453 e. The zero-order chi connectivity index (χ0) is 55.1. The van der Waals surface area contributed by atoms with Crippen molar-refractivity contribution in [2.24, 2.45) is 10.8 Å². The molecule has 0 unspecified atom stereocenters. The van der Waals surface area contributed by atoms with Crippen molar-refractivity contribution >= 4 is 29.8 Å². The molecule has 18 nitrogen and oxygen atoms in total. The van der Waals surface area contributed by atoms with Crippen molar-refractivity contribution in [3.05, 3.63) is 101 Å². The summed E-state index contributed by atoms with van der Waals surface area (Å²) >= 11 is 0. The predicted molar refractivity (Wildman–Crippen MR) is 269 cm³/mol. The van der Waals surface area contributed by atoms with Gasteiger partial charge < -0.3 is 40.2 Å². The van der Waals surface area contributed by atoms with E-state index in [9.17, 15) is 37.5 Å². The number of aliphatic hydroxyl groups is 1. The normalized spacial score (nSPS) is 17.1.